The molecule has 4 heteroatoms. The van der Waals surface area contributed by atoms with Crippen molar-refractivity contribution in [3.8, 4) is 0 Å². The molecule has 1 N–H and O–H groups in total. The Morgan fingerprint density at radius 2 is 2.62 bits per heavy atom. The van der Waals surface area contributed by atoms with Crippen molar-refractivity contribution in [2.24, 2.45) is 0 Å². The number of thiazole rings is 1. The standard InChI is InChI=1S/C9H14N2S2/c1-2-8-11-7(6-13-8)9-10-4-3-5-12-9/h6,9-10H,2-5H2,1H3. The van der Waals surface area contributed by atoms with Gasteiger partial charge in [0.15, 0.2) is 0 Å². The van der Waals surface area contributed by atoms with Gasteiger partial charge in [-0.3, -0.25) is 0 Å². The summed E-state index contributed by atoms with van der Waals surface area (Å²) in [6, 6.07) is 0. The molecule has 0 amide bonds. The molecule has 1 aliphatic rings. The Morgan fingerprint density at radius 1 is 1.69 bits per heavy atom. The quantitative estimate of drug-likeness (QED) is 0.818. The van der Waals surface area contributed by atoms with Gasteiger partial charge in [0.05, 0.1) is 16.1 Å². The van der Waals surface area contributed by atoms with Crippen molar-refractivity contribution in [2.45, 2.75) is 25.1 Å². The molecule has 1 atom stereocenters. The normalized spacial score (nSPS) is 23.3. The molecular weight excluding hydrogens is 200 g/mol. The van der Waals surface area contributed by atoms with Gasteiger partial charge < -0.3 is 5.32 Å². The van der Waals surface area contributed by atoms with E-state index in [4.69, 9.17) is 0 Å². The van der Waals surface area contributed by atoms with Crippen LogP contribution in [0.3, 0.4) is 0 Å². The van der Waals surface area contributed by atoms with Crippen LogP contribution in [-0.4, -0.2) is 17.3 Å². The minimum absolute atomic E-state index is 0.449. The second kappa shape index (κ2) is 4.44. The summed E-state index contributed by atoms with van der Waals surface area (Å²) in [5, 5.41) is 7.37. The van der Waals surface area contributed by atoms with Gasteiger partial charge in [-0.15, -0.1) is 23.1 Å². The lowest BCUT2D eigenvalue weighted by molar-refractivity contribution is 0.633. The lowest BCUT2D eigenvalue weighted by atomic mass is 10.4. The summed E-state index contributed by atoms with van der Waals surface area (Å²) in [4.78, 5) is 4.59. The molecule has 1 aromatic rings. The van der Waals surface area contributed by atoms with E-state index in [-0.39, 0.29) is 0 Å². The largest absolute Gasteiger partial charge is 0.300 e. The number of thioether (sulfide) groups is 1. The molecule has 72 valence electrons. The Morgan fingerprint density at radius 3 is 3.23 bits per heavy atom. The number of nitrogens with one attached hydrogen (secondary N) is 1. The molecule has 2 rings (SSSR count). The number of aryl methyl sites for hydroxylation is 1. The Bertz CT molecular complexity index is 266. The third kappa shape index (κ3) is 2.24. The molecule has 0 bridgehead atoms. The molecule has 0 radical (unpaired) electrons. The highest BCUT2D eigenvalue weighted by Gasteiger charge is 2.17. The predicted molar refractivity (Wildman–Crippen MR) is 59.3 cm³/mol. The van der Waals surface area contributed by atoms with Gasteiger partial charge in [-0.1, -0.05) is 6.92 Å². The van der Waals surface area contributed by atoms with Crippen LogP contribution in [0.1, 0.15) is 29.4 Å². The summed E-state index contributed by atoms with van der Waals surface area (Å²) in [5.74, 6) is 1.26. The van der Waals surface area contributed by atoms with Crippen LogP contribution in [0.15, 0.2) is 5.38 Å². The zero-order valence-electron chi connectivity index (χ0n) is 7.75. The van der Waals surface area contributed by atoms with E-state index in [2.05, 4.69) is 22.6 Å². The summed E-state index contributed by atoms with van der Waals surface area (Å²) in [6.07, 6.45) is 2.34. The average Bonchev–Trinajstić information content (AvgIpc) is 2.67. The summed E-state index contributed by atoms with van der Waals surface area (Å²) in [7, 11) is 0. The zero-order valence-corrected chi connectivity index (χ0v) is 9.38. The fraction of sp³-hybridized carbons (Fsp3) is 0.667. The molecule has 0 aromatic carbocycles. The summed E-state index contributed by atoms with van der Waals surface area (Å²) in [5.41, 5.74) is 1.23. The molecule has 2 nitrogen and oxygen atoms in total. The van der Waals surface area contributed by atoms with Gasteiger partial charge >= 0.3 is 0 Å². The number of aromatic nitrogens is 1. The van der Waals surface area contributed by atoms with E-state index in [9.17, 15) is 0 Å². The fourth-order valence-corrected chi connectivity index (χ4v) is 3.29. The van der Waals surface area contributed by atoms with Crippen molar-refractivity contribution in [1.82, 2.24) is 10.3 Å². The molecule has 1 unspecified atom stereocenters. The minimum Gasteiger partial charge on any atom is -0.300 e. The van der Waals surface area contributed by atoms with Gasteiger partial charge in [0.2, 0.25) is 0 Å². The minimum atomic E-state index is 0.449. The smallest absolute Gasteiger partial charge is 0.0970 e. The van der Waals surface area contributed by atoms with Gasteiger partial charge in [0, 0.05) is 5.38 Å². The molecule has 0 aliphatic carbocycles. The predicted octanol–water partition coefficient (Wildman–Crippen LogP) is 2.43. The maximum absolute atomic E-state index is 4.59. The molecule has 1 fully saturated rings. The number of hydrogen-bond acceptors (Lipinski definition) is 4. The molecule has 2 heterocycles. The molecule has 13 heavy (non-hydrogen) atoms. The van der Waals surface area contributed by atoms with Crippen molar-refractivity contribution >= 4 is 23.1 Å². The van der Waals surface area contributed by atoms with Crippen LogP contribution in [-0.2, 0) is 6.42 Å². The molecule has 1 aromatic heterocycles. The number of rotatable bonds is 2. The van der Waals surface area contributed by atoms with Crippen LogP contribution in [0.25, 0.3) is 0 Å². The zero-order chi connectivity index (χ0) is 9.10. The lowest BCUT2D eigenvalue weighted by Crippen LogP contribution is -2.25. The van der Waals surface area contributed by atoms with E-state index in [1.165, 1.54) is 22.9 Å². The Kier molecular flexibility index (Phi) is 3.24. The Balaban J connectivity index is 2.05. The summed E-state index contributed by atoms with van der Waals surface area (Å²) in [6.45, 7) is 3.29. The van der Waals surface area contributed by atoms with E-state index < -0.39 is 0 Å². The van der Waals surface area contributed by atoms with Crippen LogP contribution in [0.4, 0.5) is 0 Å². The highest BCUT2D eigenvalue weighted by Crippen LogP contribution is 2.30. The lowest BCUT2D eigenvalue weighted by Gasteiger charge is -2.21. The topological polar surface area (TPSA) is 24.9 Å². The second-order valence-corrected chi connectivity index (χ2v) is 5.23. The maximum Gasteiger partial charge on any atom is 0.0970 e. The van der Waals surface area contributed by atoms with Crippen LogP contribution in [0.5, 0.6) is 0 Å². The van der Waals surface area contributed by atoms with Crippen LogP contribution >= 0.6 is 23.1 Å². The molecular formula is C9H14N2S2. The summed E-state index contributed by atoms with van der Waals surface area (Å²) < 4.78 is 0. The Labute approximate surface area is 87.1 Å². The van der Waals surface area contributed by atoms with E-state index in [0.29, 0.717) is 5.37 Å². The van der Waals surface area contributed by atoms with Gasteiger partial charge in [0.1, 0.15) is 0 Å². The third-order valence-corrected chi connectivity index (χ3v) is 4.35. The molecule has 0 spiro atoms. The van der Waals surface area contributed by atoms with Crippen molar-refractivity contribution in [3.63, 3.8) is 0 Å². The van der Waals surface area contributed by atoms with Crippen LogP contribution in [0.2, 0.25) is 0 Å². The first-order chi connectivity index (χ1) is 6.40. The molecule has 1 aliphatic heterocycles. The number of nitrogens with zero attached hydrogens (tertiary/aromatic N) is 1. The summed E-state index contributed by atoms with van der Waals surface area (Å²) >= 11 is 3.75. The van der Waals surface area contributed by atoms with Crippen LogP contribution in [0, 0.1) is 0 Å². The second-order valence-electron chi connectivity index (χ2n) is 3.08. The van der Waals surface area contributed by atoms with Gasteiger partial charge in [-0.2, -0.15) is 0 Å². The van der Waals surface area contributed by atoms with E-state index >= 15 is 0 Å². The van der Waals surface area contributed by atoms with Gasteiger partial charge in [-0.25, -0.2) is 4.98 Å². The van der Waals surface area contributed by atoms with Crippen molar-refractivity contribution < 1.29 is 0 Å². The average molecular weight is 214 g/mol. The van der Waals surface area contributed by atoms with Crippen molar-refractivity contribution in [2.75, 3.05) is 12.3 Å². The Hall–Kier alpha value is -0.0600. The first-order valence-corrected chi connectivity index (χ1v) is 6.62. The fourth-order valence-electron chi connectivity index (χ4n) is 1.36. The molecule has 1 saturated heterocycles. The van der Waals surface area contributed by atoms with E-state index in [1.54, 1.807) is 11.3 Å². The monoisotopic (exact) mass is 214 g/mol. The third-order valence-electron chi connectivity index (χ3n) is 2.08. The van der Waals surface area contributed by atoms with Gasteiger partial charge in [-0.05, 0) is 25.1 Å². The number of hydrogen-bond donors (Lipinski definition) is 1. The molecule has 0 saturated carbocycles. The first kappa shape index (κ1) is 9.49. The van der Waals surface area contributed by atoms with Crippen molar-refractivity contribution in [1.29, 1.82) is 0 Å². The first-order valence-electron chi connectivity index (χ1n) is 4.69. The highest BCUT2D eigenvalue weighted by molar-refractivity contribution is 7.99. The van der Waals surface area contributed by atoms with Crippen molar-refractivity contribution in [3.05, 3.63) is 16.1 Å². The van der Waals surface area contributed by atoms with E-state index in [1.807, 2.05) is 11.8 Å². The maximum atomic E-state index is 4.59. The van der Waals surface area contributed by atoms with Crippen LogP contribution < -0.4 is 5.32 Å². The van der Waals surface area contributed by atoms with Gasteiger partial charge in [0.25, 0.3) is 0 Å². The van der Waals surface area contributed by atoms with E-state index in [0.717, 1.165) is 13.0 Å². The highest BCUT2D eigenvalue weighted by atomic mass is 32.2. The SMILES string of the molecule is CCc1nc(C2NCCCS2)cs1.